The number of halogens is 1. The van der Waals surface area contributed by atoms with Crippen molar-refractivity contribution in [3.05, 3.63) is 40.4 Å². The van der Waals surface area contributed by atoms with E-state index in [1.165, 1.54) is 0 Å². The standard InChI is InChI=1S/C14H18ClNO/c1-4-16(5-2)14(17)9-8-12-7-6-11(3)13(15)10-12/h6-10H,4-5H2,1-3H3/b9-8-. The average Bonchev–Trinajstić information content (AvgIpc) is 2.32. The number of hydrogen-bond acceptors (Lipinski definition) is 1. The van der Waals surface area contributed by atoms with Gasteiger partial charge >= 0.3 is 0 Å². The molecule has 0 saturated carbocycles. The summed E-state index contributed by atoms with van der Waals surface area (Å²) in [6.45, 7) is 7.36. The highest BCUT2D eigenvalue weighted by atomic mass is 35.5. The molecule has 0 aliphatic rings. The molecule has 1 aromatic rings. The van der Waals surface area contributed by atoms with E-state index in [0.29, 0.717) is 0 Å². The fraction of sp³-hybridized carbons (Fsp3) is 0.357. The van der Waals surface area contributed by atoms with Crippen LogP contribution in [0, 0.1) is 6.92 Å². The van der Waals surface area contributed by atoms with Crippen molar-refractivity contribution in [3.63, 3.8) is 0 Å². The van der Waals surface area contributed by atoms with E-state index in [4.69, 9.17) is 11.6 Å². The number of amides is 1. The summed E-state index contributed by atoms with van der Waals surface area (Å²) in [6.07, 6.45) is 3.39. The number of aryl methyl sites for hydroxylation is 1. The lowest BCUT2D eigenvalue weighted by Gasteiger charge is -2.15. The normalized spacial score (nSPS) is 10.8. The molecule has 0 bridgehead atoms. The first-order valence-electron chi connectivity index (χ1n) is 5.81. The van der Waals surface area contributed by atoms with Crippen LogP contribution in [0.25, 0.3) is 6.08 Å². The molecule has 0 heterocycles. The van der Waals surface area contributed by atoms with Gasteiger partial charge in [-0.25, -0.2) is 0 Å². The molecule has 17 heavy (non-hydrogen) atoms. The largest absolute Gasteiger partial charge is 0.340 e. The lowest BCUT2D eigenvalue weighted by atomic mass is 10.1. The van der Waals surface area contributed by atoms with E-state index >= 15 is 0 Å². The Morgan fingerprint density at radius 3 is 2.53 bits per heavy atom. The third-order valence-corrected chi connectivity index (χ3v) is 3.10. The molecule has 0 N–H and O–H groups in total. The zero-order chi connectivity index (χ0) is 12.8. The summed E-state index contributed by atoms with van der Waals surface area (Å²) in [5.74, 6) is 0.0340. The second-order valence-corrected chi connectivity index (χ2v) is 4.26. The molecule has 0 unspecified atom stereocenters. The van der Waals surface area contributed by atoms with Crippen molar-refractivity contribution in [2.45, 2.75) is 20.8 Å². The lowest BCUT2D eigenvalue weighted by Crippen LogP contribution is -2.28. The molecule has 0 aliphatic carbocycles. The fourth-order valence-electron chi connectivity index (χ4n) is 1.52. The Morgan fingerprint density at radius 1 is 1.35 bits per heavy atom. The number of carbonyl (C=O) groups is 1. The first-order valence-corrected chi connectivity index (χ1v) is 6.19. The van der Waals surface area contributed by atoms with Crippen molar-refractivity contribution in [1.29, 1.82) is 0 Å². The van der Waals surface area contributed by atoms with Gasteiger partial charge in [0.1, 0.15) is 0 Å². The van der Waals surface area contributed by atoms with E-state index in [1.54, 1.807) is 17.1 Å². The van der Waals surface area contributed by atoms with Gasteiger partial charge in [-0.05, 0) is 44.0 Å². The van der Waals surface area contributed by atoms with Crippen LogP contribution in [0.2, 0.25) is 5.02 Å². The van der Waals surface area contributed by atoms with Gasteiger partial charge < -0.3 is 4.90 Å². The molecule has 1 amide bonds. The maximum Gasteiger partial charge on any atom is 0.246 e. The number of nitrogens with zero attached hydrogens (tertiary/aromatic N) is 1. The second kappa shape index (κ2) is 6.45. The van der Waals surface area contributed by atoms with Gasteiger partial charge in [0.25, 0.3) is 0 Å². The van der Waals surface area contributed by atoms with Crippen molar-refractivity contribution < 1.29 is 4.79 Å². The van der Waals surface area contributed by atoms with Gasteiger partial charge in [-0.2, -0.15) is 0 Å². The molecule has 2 nitrogen and oxygen atoms in total. The molecule has 0 aliphatic heterocycles. The molecular weight excluding hydrogens is 234 g/mol. The van der Waals surface area contributed by atoms with E-state index in [9.17, 15) is 4.79 Å². The Balaban J connectivity index is 2.76. The van der Waals surface area contributed by atoms with Gasteiger partial charge in [-0.1, -0.05) is 23.7 Å². The summed E-state index contributed by atoms with van der Waals surface area (Å²) >= 11 is 6.02. The highest BCUT2D eigenvalue weighted by molar-refractivity contribution is 6.31. The molecule has 3 heteroatoms. The summed E-state index contributed by atoms with van der Waals surface area (Å²) in [5.41, 5.74) is 1.99. The first kappa shape index (κ1) is 13.8. The van der Waals surface area contributed by atoms with Gasteiger partial charge in [0.15, 0.2) is 0 Å². The van der Waals surface area contributed by atoms with Crippen molar-refractivity contribution >= 4 is 23.6 Å². The maximum absolute atomic E-state index is 11.7. The Kier molecular flexibility index (Phi) is 5.23. The Morgan fingerprint density at radius 2 is 2.00 bits per heavy atom. The Bertz CT molecular complexity index is 422. The predicted octanol–water partition coefficient (Wildman–Crippen LogP) is 3.53. The molecule has 0 spiro atoms. The minimum Gasteiger partial charge on any atom is -0.340 e. The summed E-state index contributed by atoms with van der Waals surface area (Å²) in [7, 11) is 0. The number of carbonyl (C=O) groups excluding carboxylic acids is 1. The SMILES string of the molecule is CCN(CC)C(=O)/C=C\c1ccc(C)c(Cl)c1. The number of likely N-dealkylation sites (N-methyl/N-ethyl adjacent to an activating group) is 1. The van der Waals surface area contributed by atoms with Gasteiger partial charge in [0.05, 0.1) is 0 Å². The van der Waals surface area contributed by atoms with Crippen molar-refractivity contribution in [2.75, 3.05) is 13.1 Å². The van der Waals surface area contributed by atoms with Gasteiger partial charge in [0.2, 0.25) is 5.91 Å². The number of benzene rings is 1. The van der Waals surface area contributed by atoms with Gasteiger partial charge in [-0.15, -0.1) is 0 Å². The molecule has 0 radical (unpaired) electrons. The molecule has 0 atom stereocenters. The quantitative estimate of drug-likeness (QED) is 0.750. The highest BCUT2D eigenvalue weighted by Gasteiger charge is 2.04. The molecule has 0 fully saturated rings. The van der Waals surface area contributed by atoms with Crippen LogP contribution in [0.5, 0.6) is 0 Å². The molecule has 0 aromatic heterocycles. The van der Waals surface area contributed by atoms with E-state index < -0.39 is 0 Å². The predicted molar refractivity (Wildman–Crippen MR) is 73.2 cm³/mol. The van der Waals surface area contributed by atoms with Crippen LogP contribution in [-0.4, -0.2) is 23.9 Å². The Labute approximate surface area is 108 Å². The maximum atomic E-state index is 11.7. The van der Waals surface area contributed by atoms with Gasteiger partial charge in [-0.3, -0.25) is 4.79 Å². The van der Waals surface area contributed by atoms with Crippen molar-refractivity contribution in [2.24, 2.45) is 0 Å². The highest BCUT2D eigenvalue weighted by Crippen LogP contribution is 2.17. The zero-order valence-corrected chi connectivity index (χ0v) is 11.3. The van der Waals surface area contributed by atoms with Gasteiger partial charge in [0, 0.05) is 24.2 Å². The van der Waals surface area contributed by atoms with Crippen molar-refractivity contribution in [3.8, 4) is 0 Å². The molecule has 0 saturated heterocycles. The van der Waals surface area contributed by atoms with Crippen LogP contribution < -0.4 is 0 Å². The van der Waals surface area contributed by atoms with E-state index in [1.807, 2.05) is 39.0 Å². The van der Waals surface area contributed by atoms with E-state index in [2.05, 4.69) is 0 Å². The second-order valence-electron chi connectivity index (χ2n) is 3.85. The third-order valence-electron chi connectivity index (χ3n) is 2.69. The van der Waals surface area contributed by atoms with Crippen LogP contribution in [0.3, 0.4) is 0 Å². The smallest absolute Gasteiger partial charge is 0.246 e. The van der Waals surface area contributed by atoms with Crippen LogP contribution in [0.1, 0.15) is 25.0 Å². The lowest BCUT2D eigenvalue weighted by molar-refractivity contribution is -0.125. The topological polar surface area (TPSA) is 20.3 Å². The van der Waals surface area contributed by atoms with E-state index in [-0.39, 0.29) is 5.91 Å². The zero-order valence-electron chi connectivity index (χ0n) is 10.5. The fourth-order valence-corrected chi connectivity index (χ4v) is 1.71. The number of hydrogen-bond donors (Lipinski definition) is 0. The van der Waals surface area contributed by atoms with E-state index in [0.717, 1.165) is 29.2 Å². The summed E-state index contributed by atoms with van der Waals surface area (Å²) < 4.78 is 0. The molecule has 92 valence electrons. The first-order chi connectivity index (χ1) is 8.08. The van der Waals surface area contributed by atoms with Crippen LogP contribution in [0.4, 0.5) is 0 Å². The van der Waals surface area contributed by atoms with Crippen molar-refractivity contribution in [1.82, 2.24) is 4.90 Å². The summed E-state index contributed by atoms with van der Waals surface area (Å²) in [5, 5.41) is 0.724. The Hall–Kier alpha value is -1.28. The third kappa shape index (κ3) is 3.90. The minimum absolute atomic E-state index is 0.0340. The van der Waals surface area contributed by atoms with Crippen LogP contribution in [0.15, 0.2) is 24.3 Å². The number of rotatable bonds is 4. The van der Waals surface area contributed by atoms with Crippen LogP contribution in [-0.2, 0) is 4.79 Å². The average molecular weight is 252 g/mol. The van der Waals surface area contributed by atoms with Crippen LogP contribution >= 0.6 is 11.6 Å². The summed E-state index contributed by atoms with van der Waals surface area (Å²) in [6, 6.07) is 5.76. The minimum atomic E-state index is 0.0340. The summed E-state index contributed by atoms with van der Waals surface area (Å²) in [4.78, 5) is 13.5. The molecule has 1 rings (SSSR count). The molecular formula is C14H18ClNO. The molecule has 1 aromatic carbocycles. The monoisotopic (exact) mass is 251 g/mol.